The van der Waals surface area contributed by atoms with Crippen molar-refractivity contribution < 1.29 is 9.32 Å². The van der Waals surface area contributed by atoms with Crippen LogP contribution in [0.4, 0.5) is 5.69 Å². The SMILES string of the molecule is CCNCc1cccc(NC(=O)c2noc(C)n2)c1. The topological polar surface area (TPSA) is 80.0 Å². The zero-order chi connectivity index (χ0) is 13.7. The van der Waals surface area contributed by atoms with E-state index in [2.05, 4.69) is 20.8 Å². The van der Waals surface area contributed by atoms with Crippen LogP contribution in [0.2, 0.25) is 0 Å². The number of aromatic nitrogens is 2. The van der Waals surface area contributed by atoms with E-state index in [9.17, 15) is 4.79 Å². The first-order valence-corrected chi connectivity index (χ1v) is 6.10. The first-order valence-electron chi connectivity index (χ1n) is 6.10. The smallest absolute Gasteiger partial charge is 0.297 e. The number of amides is 1. The molecule has 2 N–H and O–H groups in total. The van der Waals surface area contributed by atoms with Gasteiger partial charge in [-0.1, -0.05) is 24.2 Å². The Bertz CT molecular complexity index is 565. The Morgan fingerprint density at radius 3 is 2.95 bits per heavy atom. The van der Waals surface area contributed by atoms with E-state index in [-0.39, 0.29) is 11.7 Å². The molecule has 0 radical (unpaired) electrons. The second-order valence-electron chi connectivity index (χ2n) is 4.07. The number of anilines is 1. The van der Waals surface area contributed by atoms with Crippen LogP contribution in [0.5, 0.6) is 0 Å². The third-order valence-corrected chi connectivity index (χ3v) is 2.49. The highest BCUT2D eigenvalue weighted by Gasteiger charge is 2.12. The maximum Gasteiger partial charge on any atom is 0.297 e. The monoisotopic (exact) mass is 260 g/mol. The molecule has 6 nitrogen and oxygen atoms in total. The van der Waals surface area contributed by atoms with E-state index in [1.807, 2.05) is 31.2 Å². The lowest BCUT2D eigenvalue weighted by atomic mass is 10.2. The molecular weight excluding hydrogens is 244 g/mol. The number of carbonyl (C=O) groups is 1. The molecule has 2 rings (SSSR count). The fourth-order valence-corrected chi connectivity index (χ4v) is 1.61. The molecule has 1 aromatic carbocycles. The lowest BCUT2D eigenvalue weighted by Crippen LogP contribution is -2.15. The van der Waals surface area contributed by atoms with Crippen molar-refractivity contribution in [1.29, 1.82) is 0 Å². The Hall–Kier alpha value is -2.21. The molecular formula is C13H16N4O2. The summed E-state index contributed by atoms with van der Waals surface area (Å²) in [5.74, 6) is 0.0260. The van der Waals surface area contributed by atoms with Gasteiger partial charge < -0.3 is 15.2 Å². The summed E-state index contributed by atoms with van der Waals surface area (Å²) in [6.07, 6.45) is 0. The molecule has 0 spiro atoms. The summed E-state index contributed by atoms with van der Waals surface area (Å²) in [6, 6.07) is 7.62. The number of benzene rings is 1. The maximum absolute atomic E-state index is 11.8. The molecule has 0 bridgehead atoms. The lowest BCUT2D eigenvalue weighted by molar-refractivity contribution is 0.101. The standard InChI is InChI=1S/C13H16N4O2/c1-3-14-8-10-5-4-6-11(7-10)16-13(18)12-15-9(2)19-17-12/h4-7,14H,3,8H2,1-2H3,(H,16,18). The summed E-state index contributed by atoms with van der Waals surface area (Å²) in [7, 11) is 0. The molecule has 0 aliphatic heterocycles. The minimum Gasteiger partial charge on any atom is -0.339 e. The molecule has 6 heteroatoms. The minimum absolute atomic E-state index is 0.0367. The molecule has 19 heavy (non-hydrogen) atoms. The second kappa shape index (κ2) is 6.10. The zero-order valence-electron chi connectivity index (χ0n) is 10.9. The van der Waals surface area contributed by atoms with Crippen molar-refractivity contribution in [3.05, 3.63) is 41.5 Å². The van der Waals surface area contributed by atoms with Crippen molar-refractivity contribution >= 4 is 11.6 Å². The molecule has 0 aliphatic carbocycles. The fraction of sp³-hybridized carbons (Fsp3) is 0.308. The van der Waals surface area contributed by atoms with Gasteiger partial charge in [0.2, 0.25) is 5.89 Å². The van der Waals surface area contributed by atoms with E-state index < -0.39 is 0 Å². The highest BCUT2D eigenvalue weighted by atomic mass is 16.5. The van der Waals surface area contributed by atoms with Crippen LogP contribution in [-0.4, -0.2) is 22.6 Å². The van der Waals surface area contributed by atoms with Crippen molar-refractivity contribution in [2.45, 2.75) is 20.4 Å². The molecule has 0 atom stereocenters. The van der Waals surface area contributed by atoms with E-state index in [1.54, 1.807) is 6.92 Å². The van der Waals surface area contributed by atoms with Crippen LogP contribution in [0.15, 0.2) is 28.8 Å². The van der Waals surface area contributed by atoms with Crippen LogP contribution in [0.1, 0.15) is 29.0 Å². The van der Waals surface area contributed by atoms with E-state index in [0.717, 1.165) is 18.7 Å². The predicted octanol–water partition coefficient (Wildman–Crippen LogP) is 1.74. The number of hydrogen-bond acceptors (Lipinski definition) is 5. The summed E-state index contributed by atoms with van der Waals surface area (Å²) in [6.45, 7) is 5.35. The third kappa shape index (κ3) is 3.62. The molecule has 1 aromatic heterocycles. The fourth-order valence-electron chi connectivity index (χ4n) is 1.61. The van der Waals surface area contributed by atoms with Crippen molar-refractivity contribution in [2.75, 3.05) is 11.9 Å². The van der Waals surface area contributed by atoms with E-state index in [4.69, 9.17) is 4.52 Å². The zero-order valence-corrected chi connectivity index (χ0v) is 10.9. The molecule has 1 heterocycles. The van der Waals surface area contributed by atoms with Crippen LogP contribution >= 0.6 is 0 Å². The highest BCUT2D eigenvalue weighted by molar-refractivity contribution is 6.01. The third-order valence-electron chi connectivity index (χ3n) is 2.49. The number of aryl methyl sites for hydroxylation is 1. The van der Waals surface area contributed by atoms with Gasteiger partial charge in [-0.2, -0.15) is 4.98 Å². The van der Waals surface area contributed by atoms with Gasteiger partial charge in [-0.25, -0.2) is 0 Å². The van der Waals surface area contributed by atoms with Crippen molar-refractivity contribution in [3.63, 3.8) is 0 Å². The number of nitrogens with zero attached hydrogens (tertiary/aromatic N) is 2. The Labute approximate surface area is 111 Å². The summed E-state index contributed by atoms with van der Waals surface area (Å²) in [4.78, 5) is 15.7. The van der Waals surface area contributed by atoms with Gasteiger partial charge in [-0.05, 0) is 24.2 Å². The van der Waals surface area contributed by atoms with Gasteiger partial charge in [0.1, 0.15) is 0 Å². The van der Waals surface area contributed by atoms with E-state index in [1.165, 1.54) is 0 Å². The molecule has 2 aromatic rings. The molecule has 0 aliphatic rings. The highest BCUT2D eigenvalue weighted by Crippen LogP contribution is 2.11. The number of nitrogens with one attached hydrogen (secondary N) is 2. The summed E-state index contributed by atoms with van der Waals surface area (Å²) in [5.41, 5.74) is 1.81. The van der Waals surface area contributed by atoms with Crippen LogP contribution in [0.25, 0.3) is 0 Å². The summed E-state index contributed by atoms with van der Waals surface area (Å²) in [5, 5.41) is 9.54. The Balaban J connectivity index is 2.04. The van der Waals surface area contributed by atoms with Gasteiger partial charge in [0.15, 0.2) is 0 Å². The van der Waals surface area contributed by atoms with E-state index in [0.29, 0.717) is 11.6 Å². The molecule has 1 amide bonds. The normalized spacial score (nSPS) is 10.4. The Morgan fingerprint density at radius 1 is 1.42 bits per heavy atom. The maximum atomic E-state index is 11.8. The Morgan fingerprint density at radius 2 is 2.26 bits per heavy atom. The van der Waals surface area contributed by atoms with Gasteiger partial charge >= 0.3 is 0 Å². The first kappa shape index (κ1) is 13.2. The number of hydrogen-bond donors (Lipinski definition) is 2. The van der Waals surface area contributed by atoms with Gasteiger partial charge in [0.25, 0.3) is 11.7 Å². The number of rotatable bonds is 5. The van der Waals surface area contributed by atoms with Crippen LogP contribution in [0.3, 0.4) is 0 Å². The predicted molar refractivity (Wildman–Crippen MR) is 70.8 cm³/mol. The lowest BCUT2D eigenvalue weighted by Gasteiger charge is -2.06. The van der Waals surface area contributed by atoms with E-state index >= 15 is 0 Å². The van der Waals surface area contributed by atoms with Crippen molar-refractivity contribution in [2.24, 2.45) is 0 Å². The number of carbonyl (C=O) groups excluding carboxylic acids is 1. The Kier molecular flexibility index (Phi) is 4.25. The minimum atomic E-state index is -0.377. The largest absolute Gasteiger partial charge is 0.339 e. The molecule has 0 saturated heterocycles. The molecule has 0 fully saturated rings. The summed E-state index contributed by atoms with van der Waals surface area (Å²) < 4.78 is 4.77. The summed E-state index contributed by atoms with van der Waals surface area (Å²) >= 11 is 0. The van der Waals surface area contributed by atoms with Gasteiger partial charge in [-0.3, -0.25) is 4.79 Å². The molecule has 0 unspecified atom stereocenters. The first-order chi connectivity index (χ1) is 9.19. The van der Waals surface area contributed by atoms with Crippen LogP contribution in [-0.2, 0) is 6.54 Å². The average molecular weight is 260 g/mol. The molecule has 0 saturated carbocycles. The molecule has 100 valence electrons. The quantitative estimate of drug-likeness (QED) is 0.856. The van der Waals surface area contributed by atoms with Crippen molar-refractivity contribution in [1.82, 2.24) is 15.5 Å². The van der Waals surface area contributed by atoms with Crippen LogP contribution in [0, 0.1) is 6.92 Å². The average Bonchev–Trinajstić information content (AvgIpc) is 2.83. The van der Waals surface area contributed by atoms with Gasteiger partial charge in [-0.15, -0.1) is 0 Å². The van der Waals surface area contributed by atoms with Gasteiger partial charge in [0.05, 0.1) is 0 Å². The van der Waals surface area contributed by atoms with Crippen LogP contribution < -0.4 is 10.6 Å². The van der Waals surface area contributed by atoms with Gasteiger partial charge in [0, 0.05) is 19.2 Å². The second-order valence-corrected chi connectivity index (χ2v) is 4.07. The van der Waals surface area contributed by atoms with Crippen molar-refractivity contribution in [3.8, 4) is 0 Å².